The molecule has 0 atom stereocenters. The first-order chi connectivity index (χ1) is 9.11. The Labute approximate surface area is 110 Å². The Balaban J connectivity index is 2.01. The lowest BCUT2D eigenvalue weighted by atomic mass is 10.1. The topological polar surface area (TPSA) is 49.6 Å². The zero-order valence-electron chi connectivity index (χ0n) is 10.6. The van der Waals surface area contributed by atoms with Gasteiger partial charge in [0.15, 0.2) is 0 Å². The number of hydrogen-bond donors (Lipinski definition) is 1. The average molecular weight is 269 g/mol. The highest BCUT2D eigenvalue weighted by atomic mass is 19.1. The number of carbonyl (C=O) groups excluding carboxylic acids is 1. The van der Waals surface area contributed by atoms with Crippen LogP contribution in [0.15, 0.2) is 18.2 Å². The maximum atomic E-state index is 13.5. The van der Waals surface area contributed by atoms with Crippen LogP contribution in [0.3, 0.4) is 0 Å². The van der Waals surface area contributed by atoms with Gasteiger partial charge in [-0.05, 0) is 12.1 Å². The molecule has 4 nitrogen and oxygen atoms in total. The van der Waals surface area contributed by atoms with E-state index in [1.165, 1.54) is 6.07 Å². The Bertz CT molecular complexity index is 459. The fourth-order valence-corrected chi connectivity index (χ4v) is 2.19. The summed E-state index contributed by atoms with van der Waals surface area (Å²) in [5.74, 6) is -1.87. The second-order valence-corrected chi connectivity index (χ2v) is 4.55. The molecule has 6 heteroatoms. The fourth-order valence-electron chi connectivity index (χ4n) is 2.19. The minimum absolute atomic E-state index is 0.0753. The minimum Gasteiger partial charge on any atom is -0.336 e. The van der Waals surface area contributed by atoms with Gasteiger partial charge in [-0.15, -0.1) is 0 Å². The van der Waals surface area contributed by atoms with E-state index in [4.69, 9.17) is 5.73 Å². The fraction of sp³-hybridized carbons (Fsp3) is 0.462. The lowest BCUT2D eigenvalue weighted by Crippen LogP contribution is -2.49. The van der Waals surface area contributed by atoms with E-state index in [0.717, 1.165) is 31.8 Å². The largest absolute Gasteiger partial charge is 0.336 e. The van der Waals surface area contributed by atoms with Crippen molar-refractivity contribution >= 4 is 5.91 Å². The summed E-state index contributed by atoms with van der Waals surface area (Å²) in [6.45, 7) is 3.91. The summed E-state index contributed by atoms with van der Waals surface area (Å²) in [6.07, 6.45) is 0. The standard InChI is InChI=1S/C13H17F2N3O/c14-10-1-2-11(12(15)9-10)13(19)18-7-5-17(4-3-16)6-8-18/h1-2,9H,3-8,16H2. The third-order valence-electron chi connectivity index (χ3n) is 3.27. The van der Waals surface area contributed by atoms with Crippen molar-refractivity contribution < 1.29 is 13.6 Å². The van der Waals surface area contributed by atoms with Crippen molar-refractivity contribution in [1.29, 1.82) is 0 Å². The third kappa shape index (κ3) is 3.27. The van der Waals surface area contributed by atoms with Gasteiger partial charge in [-0.2, -0.15) is 0 Å². The minimum atomic E-state index is -0.811. The predicted octanol–water partition coefficient (Wildman–Crippen LogP) is 0.681. The van der Waals surface area contributed by atoms with Gasteiger partial charge in [0.1, 0.15) is 11.6 Å². The number of benzene rings is 1. The van der Waals surface area contributed by atoms with E-state index in [-0.39, 0.29) is 11.5 Å². The summed E-state index contributed by atoms with van der Waals surface area (Å²) >= 11 is 0. The second kappa shape index (κ2) is 6.08. The van der Waals surface area contributed by atoms with Crippen LogP contribution in [0.5, 0.6) is 0 Å². The summed E-state index contributed by atoms with van der Waals surface area (Å²) in [4.78, 5) is 15.9. The third-order valence-corrected chi connectivity index (χ3v) is 3.27. The lowest BCUT2D eigenvalue weighted by molar-refractivity contribution is 0.0636. The van der Waals surface area contributed by atoms with Crippen LogP contribution in [-0.4, -0.2) is 55.0 Å². The predicted molar refractivity (Wildman–Crippen MR) is 67.8 cm³/mol. The molecular weight excluding hydrogens is 252 g/mol. The van der Waals surface area contributed by atoms with Gasteiger partial charge in [0.05, 0.1) is 5.56 Å². The normalized spacial score (nSPS) is 16.7. The zero-order valence-corrected chi connectivity index (χ0v) is 10.6. The lowest BCUT2D eigenvalue weighted by Gasteiger charge is -2.34. The van der Waals surface area contributed by atoms with Crippen molar-refractivity contribution in [3.8, 4) is 0 Å². The molecule has 0 unspecified atom stereocenters. The molecule has 104 valence electrons. The van der Waals surface area contributed by atoms with E-state index in [2.05, 4.69) is 4.90 Å². The van der Waals surface area contributed by atoms with Gasteiger partial charge >= 0.3 is 0 Å². The Morgan fingerprint density at radius 1 is 1.21 bits per heavy atom. The molecule has 0 aromatic heterocycles. The van der Waals surface area contributed by atoms with Crippen molar-refractivity contribution in [2.24, 2.45) is 5.73 Å². The smallest absolute Gasteiger partial charge is 0.256 e. The van der Waals surface area contributed by atoms with Crippen molar-refractivity contribution in [2.45, 2.75) is 0 Å². The molecule has 1 fully saturated rings. The number of carbonyl (C=O) groups is 1. The highest BCUT2D eigenvalue weighted by Gasteiger charge is 2.23. The van der Waals surface area contributed by atoms with Gasteiger partial charge in [0, 0.05) is 45.3 Å². The van der Waals surface area contributed by atoms with Crippen molar-refractivity contribution in [3.05, 3.63) is 35.4 Å². The Morgan fingerprint density at radius 3 is 2.47 bits per heavy atom. The summed E-state index contributed by atoms with van der Waals surface area (Å²) in [5, 5.41) is 0. The van der Waals surface area contributed by atoms with Crippen LogP contribution in [-0.2, 0) is 0 Å². The van der Waals surface area contributed by atoms with Gasteiger partial charge in [0.25, 0.3) is 5.91 Å². The van der Waals surface area contributed by atoms with Gasteiger partial charge in [0.2, 0.25) is 0 Å². The van der Waals surface area contributed by atoms with E-state index in [1.54, 1.807) is 4.90 Å². The molecule has 0 bridgehead atoms. The number of amides is 1. The molecule has 0 spiro atoms. The monoisotopic (exact) mass is 269 g/mol. The summed E-state index contributed by atoms with van der Waals surface area (Å²) in [7, 11) is 0. The molecule has 1 aliphatic rings. The van der Waals surface area contributed by atoms with Gasteiger partial charge < -0.3 is 10.6 Å². The van der Waals surface area contributed by atoms with Crippen LogP contribution in [0.4, 0.5) is 8.78 Å². The SMILES string of the molecule is NCCN1CCN(C(=O)c2ccc(F)cc2F)CC1. The second-order valence-electron chi connectivity index (χ2n) is 4.55. The average Bonchev–Trinajstić information content (AvgIpc) is 2.39. The van der Waals surface area contributed by atoms with E-state index in [9.17, 15) is 13.6 Å². The molecule has 1 saturated heterocycles. The van der Waals surface area contributed by atoms with Crippen LogP contribution in [0, 0.1) is 11.6 Å². The van der Waals surface area contributed by atoms with E-state index in [0.29, 0.717) is 19.6 Å². The van der Waals surface area contributed by atoms with Crippen LogP contribution in [0.2, 0.25) is 0 Å². The van der Waals surface area contributed by atoms with Gasteiger partial charge in [-0.25, -0.2) is 8.78 Å². The Kier molecular flexibility index (Phi) is 4.44. The zero-order chi connectivity index (χ0) is 13.8. The molecule has 2 N–H and O–H groups in total. The van der Waals surface area contributed by atoms with Crippen LogP contribution >= 0.6 is 0 Å². The van der Waals surface area contributed by atoms with Gasteiger partial charge in [-0.3, -0.25) is 9.69 Å². The molecule has 1 aliphatic heterocycles. The molecule has 19 heavy (non-hydrogen) atoms. The van der Waals surface area contributed by atoms with Crippen LogP contribution < -0.4 is 5.73 Å². The first kappa shape index (κ1) is 13.9. The van der Waals surface area contributed by atoms with E-state index < -0.39 is 11.6 Å². The molecule has 1 heterocycles. The van der Waals surface area contributed by atoms with Crippen molar-refractivity contribution in [3.63, 3.8) is 0 Å². The number of hydrogen-bond acceptors (Lipinski definition) is 3. The molecule has 1 amide bonds. The molecule has 2 rings (SSSR count). The molecule has 1 aromatic rings. The molecule has 1 aromatic carbocycles. The molecule has 0 aliphatic carbocycles. The molecule has 0 radical (unpaired) electrons. The van der Waals surface area contributed by atoms with Gasteiger partial charge in [-0.1, -0.05) is 0 Å². The summed E-state index contributed by atoms with van der Waals surface area (Å²) in [5.41, 5.74) is 5.40. The Hall–Kier alpha value is -1.53. The first-order valence-corrected chi connectivity index (χ1v) is 6.28. The van der Waals surface area contributed by atoms with Crippen LogP contribution in [0.1, 0.15) is 10.4 Å². The van der Waals surface area contributed by atoms with Crippen molar-refractivity contribution in [2.75, 3.05) is 39.3 Å². The Morgan fingerprint density at radius 2 is 1.89 bits per heavy atom. The summed E-state index contributed by atoms with van der Waals surface area (Å²) < 4.78 is 26.3. The number of halogens is 2. The number of nitrogens with two attached hydrogens (primary N) is 1. The van der Waals surface area contributed by atoms with Crippen LogP contribution in [0.25, 0.3) is 0 Å². The first-order valence-electron chi connectivity index (χ1n) is 6.28. The summed E-state index contributed by atoms with van der Waals surface area (Å²) in [6, 6.07) is 3.03. The van der Waals surface area contributed by atoms with E-state index >= 15 is 0 Å². The highest BCUT2D eigenvalue weighted by Crippen LogP contribution is 2.13. The highest BCUT2D eigenvalue weighted by molar-refractivity contribution is 5.94. The van der Waals surface area contributed by atoms with Crippen molar-refractivity contribution in [1.82, 2.24) is 9.80 Å². The maximum absolute atomic E-state index is 13.5. The van der Waals surface area contributed by atoms with E-state index in [1.807, 2.05) is 0 Å². The quantitative estimate of drug-likeness (QED) is 0.878. The number of rotatable bonds is 3. The number of piperazine rings is 1. The maximum Gasteiger partial charge on any atom is 0.256 e. The molecule has 0 saturated carbocycles. The number of nitrogens with zero attached hydrogens (tertiary/aromatic N) is 2. The molecular formula is C13H17F2N3O.